The van der Waals surface area contributed by atoms with Crippen LogP contribution in [0.25, 0.3) is 0 Å². The first-order chi connectivity index (χ1) is 15.5. The van der Waals surface area contributed by atoms with Crippen molar-refractivity contribution in [3.63, 3.8) is 0 Å². The third kappa shape index (κ3) is 5.07. The second kappa shape index (κ2) is 10.1. The number of benzene rings is 2. The highest BCUT2D eigenvalue weighted by atomic mass is 32.2. The van der Waals surface area contributed by atoms with Gasteiger partial charge in [0.2, 0.25) is 11.8 Å². The van der Waals surface area contributed by atoms with Crippen LogP contribution >= 0.6 is 11.8 Å². The van der Waals surface area contributed by atoms with Gasteiger partial charge in [0.1, 0.15) is 12.3 Å². The molecule has 2 aromatic rings. The first kappa shape index (κ1) is 22.2. The highest BCUT2D eigenvalue weighted by molar-refractivity contribution is 8.00. The molecule has 2 heterocycles. The molecule has 8 heteroatoms. The van der Waals surface area contributed by atoms with Gasteiger partial charge in [0.05, 0.1) is 18.0 Å². The Balaban J connectivity index is 1.49. The van der Waals surface area contributed by atoms with Gasteiger partial charge in [-0.2, -0.15) is 0 Å². The monoisotopic (exact) mass is 453 g/mol. The van der Waals surface area contributed by atoms with E-state index in [1.807, 2.05) is 24.0 Å². The molecule has 0 radical (unpaired) electrons. The lowest BCUT2D eigenvalue weighted by molar-refractivity contribution is -0.120. The number of hydrogen-bond donors (Lipinski definition) is 1. The Hall–Kier alpha value is -3.00. The molecule has 2 aromatic carbocycles. The summed E-state index contributed by atoms with van der Waals surface area (Å²) in [6, 6.07) is 12.5. The number of carbonyl (C=O) groups excluding carboxylic acids is 3. The summed E-state index contributed by atoms with van der Waals surface area (Å²) in [4.78, 5) is 42.5. The molecular weight excluding hydrogens is 426 g/mol. The molecule has 32 heavy (non-hydrogen) atoms. The fraction of sp³-hybridized carbons (Fsp3) is 0.375. The molecule has 2 aliphatic rings. The number of hydrogen-bond acceptors (Lipinski definition) is 5. The summed E-state index contributed by atoms with van der Waals surface area (Å²) in [5.41, 5.74) is 1.81. The quantitative estimate of drug-likeness (QED) is 0.720. The number of piperidine rings is 1. The molecule has 0 atom stereocenters. The van der Waals surface area contributed by atoms with Gasteiger partial charge in [0.15, 0.2) is 0 Å². The standard InChI is InChI=1S/C24H27N3O4S/c1-2-31-19-9-7-18(8-10-19)25-22(28)15-27-20-14-17(6-11-21(20)32-16-23(27)29)24(30)26-12-4-3-5-13-26/h6-11,14H,2-5,12-13,15-16H2,1H3,(H,25,28). The number of likely N-dealkylation sites (tertiary alicyclic amines) is 1. The van der Waals surface area contributed by atoms with Crippen LogP contribution in [0.2, 0.25) is 0 Å². The maximum atomic E-state index is 12.9. The topological polar surface area (TPSA) is 79.0 Å². The summed E-state index contributed by atoms with van der Waals surface area (Å²) in [5, 5.41) is 2.83. The minimum absolute atomic E-state index is 0.0192. The van der Waals surface area contributed by atoms with Crippen LogP contribution in [-0.2, 0) is 9.59 Å². The smallest absolute Gasteiger partial charge is 0.253 e. The van der Waals surface area contributed by atoms with E-state index in [1.54, 1.807) is 30.3 Å². The molecule has 7 nitrogen and oxygen atoms in total. The van der Waals surface area contributed by atoms with E-state index in [-0.39, 0.29) is 30.0 Å². The average molecular weight is 454 g/mol. The lowest BCUT2D eigenvalue weighted by atomic mass is 10.1. The van der Waals surface area contributed by atoms with Crippen molar-refractivity contribution >= 4 is 40.9 Å². The molecule has 3 amide bonds. The van der Waals surface area contributed by atoms with Crippen molar-refractivity contribution in [2.75, 3.05) is 42.2 Å². The molecule has 2 aliphatic heterocycles. The third-order valence-corrected chi connectivity index (χ3v) is 6.59. The first-order valence-electron chi connectivity index (χ1n) is 10.9. The molecule has 0 aromatic heterocycles. The normalized spacial score (nSPS) is 15.8. The predicted molar refractivity (Wildman–Crippen MR) is 126 cm³/mol. The Kier molecular flexibility index (Phi) is 6.99. The van der Waals surface area contributed by atoms with Gasteiger partial charge >= 0.3 is 0 Å². The van der Waals surface area contributed by atoms with Gasteiger partial charge in [-0.3, -0.25) is 14.4 Å². The van der Waals surface area contributed by atoms with Crippen LogP contribution in [0.3, 0.4) is 0 Å². The van der Waals surface area contributed by atoms with Gasteiger partial charge in [-0.15, -0.1) is 11.8 Å². The second-order valence-electron chi connectivity index (χ2n) is 7.81. The zero-order chi connectivity index (χ0) is 22.5. The van der Waals surface area contributed by atoms with Gasteiger partial charge in [-0.1, -0.05) is 0 Å². The zero-order valence-corrected chi connectivity index (χ0v) is 19.0. The number of nitrogens with one attached hydrogen (secondary N) is 1. The van der Waals surface area contributed by atoms with Crippen LogP contribution in [0.4, 0.5) is 11.4 Å². The van der Waals surface area contributed by atoms with E-state index in [4.69, 9.17) is 4.74 Å². The van der Waals surface area contributed by atoms with Crippen molar-refractivity contribution < 1.29 is 19.1 Å². The summed E-state index contributed by atoms with van der Waals surface area (Å²) in [5.74, 6) is 0.533. The number of rotatable bonds is 6. The van der Waals surface area contributed by atoms with Crippen LogP contribution in [0.15, 0.2) is 47.4 Å². The predicted octanol–water partition coefficient (Wildman–Crippen LogP) is 3.79. The molecule has 0 bridgehead atoms. The van der Waals surface area contributed by atoms with Gasteiger partial charge in [0.25, 0.3) is 5.91 Å². The Morgan fingerprint density at radius 1 is 1.06 bits per heavy atom. The number of thioether (sulfide) groups is 1. The van der Waals surface area contributed by atoms with E-state index in [9.17, 15) is 14.4 Å². The number of fused-ring (bicyclic) bond motifs is 1. The Bertz CT molecular complexity index is 1000. The molecule has 1 fully saturated rings. The van der Waals surface area contributed by atoms with Crippen LogP contribution in [0, 0.1) is 0 Å². The lowest BCUT2D eigenvalue weighted by Gasteiger charge is -2.30. The molecule has 1 saturated heterocycles. The maximum Gasteiger partial charge on any atom is 0.253 e. The average Bonchev–Trinajstić information content (AvgIpc) is 2.82. The Morgan fingerprint density at radius 3 is 2.53 bits per heavy atom. The van der Waals surface area contributed by atoms with E-state index in [0.717, 1.165) is 43.0 Å². The number of amides is 3. The van der Waals surface area contributed by atoms with Gasteiger partial charge in [-0.05, 0) is 68.7 Å². The number of nitrogens with zero attached hydrogens (tertiary/aromatic N) is 2. The number of anilines is 2. The van der Waals surface area contributed by atoms with Crippen molar-refractivity contribution in [3.8, 4) is 5.75 Å². The van der Waals surface area contributed by atoms with E-state index >= 15 is 0 Å². The van der Waals surface area contributed by atoms with Crippen LogP contribution in [0.5, 0.6) is 5.75 Å². The molecule has 168 valence electrons. The molecule has 0 unspecified atom stereocenters. The summed E-state index contributed by atoms with van der Waals surface area (Å²) >= 11 is 1.43. The minimum atomic E-state index is -0.298. The van der Waals surface area contributed by atoms with E-state index in [2.05, 4.69) is 5.32 Å². The van der Waals surface area contributed by atoms with E-state index < -0.39 is 0 Å². The van der Waals surface area contributed by atoms with Crippen molar-refractivity contribution in [1.82, 2.24) is 4.90 Å². The zero-order valence-electron chi connectivity index (χ0n) is 18.1. The van der Waals surface area contributed by atoms with Gasteiger partial charge < -0.3 is 19.9 Å². The first-order valence-corrected chi connectivity index (χ1v) is 11.9. The highest BCUT2D eigenvalue weighted by Crippen LogP contribution is 2.36. The fourth-order valence-electron chi connectivity index (χ4n) is 3.93. The van der Waals surface area contributed by atoms with Crippen LogP contribution in [-0.4, -0.2) is 54.6 Å². The molecule has 4 rings (SSSR count). The lowest BCUT2D eigenvalue weighted by Crippen LogP contribution is -2.41. The van der Waals surface area contributed by atoms with Crippen LogP contribution in [0.1, 0.15) is 36.5 Å². The molecular formula is C24H27N3O4S. The van der Waals surface area contributed by atoms with Gasteiger partial charge in [-0.25, -0.2) is 0 Å². The minimum Gasteiger partial charge on any atom is -0.494 e. The summed E-state index contributed by atoms with van der Waals surface area (Å²) < 4.78 is 5.42. The van der Waals surface area contributed by atoms with Crippen molar-refractivity contribution in [1.29, 1.82) is 0 Å². The highest BCUT2D eigenvalue weighted by Gasteiger charge is 2.28. The Morgan fingerprint density at radius 2 is 1.81 bits per heavy atom. The van der Waals surface area contributed by atoms with Crippen molar-refractivity contribution in [3.05, 3.63) is 48.0 Å². The van der Waals surface area contributed by atoms with E-state index in [0.29, 0.717) is 23.5 Å². The third-order valence-electron chi connectivity index (χ3n) is 5.54. The maximum absolute atomic E-state index is 12.9. The summed E-state index contributed by atoms with van der Waals surface area (Å²) in [7, 11) is 0. The second-order valence-corrected chi connectivity index (χ2v) is 8.83. The fourth-order valence-corrected chi connectivity index (χ4v) is 4.85. The molecule has 0 saturated carbocycles. The number of ether oxygens (including phenoxy) is 1. The SMILES string of the molecule is CCOc1ccc(NC(=O)CN2C(=O)CSc3ccc(C(=O)N4CCCCC4)cc32)cc1. The van der Waals surface area contributed by atoms with Gasteiger partial charge in [0, 0.05) is 29.2 Å². The molecule has 0 spiro atoms. The summed E-state index contributed by atoms with van der Waals surface area (Å²) in [6.07, 6.45) is 3.18. The number of carbonyl (C=O) groups is 3. The largest absolute Gasteiger partial charge is 0.494 e. The molecule has 1 N–H and O–H groups in total. The van der Waals surface area contributed by atoms with E-state index in [1.165, 1.54) is 16.7 Å². The molecule has 0 aliphatic carbocycles. The van der Waals surface area contributed by atoms with Crippen LogP contribution < -0.4 is 15.0 Å². The van der Waals surface area contributed by atoms with Crippen molar-refractivity contribution in [2.45, 2.75) is 31.1 Å². The Labute approximate surface area is 192 Å². The summed E-state index contributed by atoms with van der Waals surface area (Å²) in [6.45, 7) is 3.89. The van der Waals surface area contributed by atoms with Crippen molar-refractivity contribution in [2.24, 2.45) is 0 Å².